The second-order valence-electron chi connectivity index (χ2n) is 6.24. The molecule has 0 aliphatic carbocycles. The summed E-state index contributed by atoms with van der Waals surface area (Å²) in [5, 5.41) is 0. The fourth-order valence-corrected chi connectivity index (χ4v) is 3.26. The van der Waals surface area contributed by atoms with Crippen molar-refractivity contribution >= 4 is 10.1 Å². The van der Waals surface area contributed by atoms with Crippen molar-refractivity contribution in [2.75, 3.05) is 0 Å². The largest absolute Gasteiger partial charge is 0.297 e. The average molecular weight is 298 g/mol. The van der Waals surface area contributed by atoms with Gasteiger partial charge in [-0.15, -0.1) is 0 Å². The van der Waals surface area contributed by atoms with E-state index in [4.69, 9.17) is 4.18 Å². The molecule has 1 aromatic carbocycles. The molecule has 0 radical (unpaired) electrons. The minimum absolute atomic E-state index is 0.237. The number of rotatable bonds is 7. The molecule has 0 saturated carbocycles. The summed E-state index contributed by atoms with van der Waals surface area (Å²) in [6, 6.07) is 6.78. The first-order valence-electron chi connectivity index (χ1n) is 7.20. The predicted molar refractivity (Wildman–Crippen MR) is 82.1 cm³/mol. The fraction of sp³-hybridized carbons (Fsp3) is 0.625. The third kappa shape index (κ3) is 5.63. The van der Waals surface area contributed by atoms with Crippen molar-refractivity contribution in [1.29, 1.82) is 0 Å². The number of hydrogen-bond acceptors (Lipinski definition) is 3. The molecule has 0 aromatic heterocycles. The van der Waals surface area contributed by atoms with E-state index in [1.807, 2.05) is 6.92 Å². The van der Waals surface area contributed by atoms with Crippen LogP contribution in [0.3, 0.4) is 0 Å². The molecule has 0 aliphatic rings. The Morgan fingerprint density at radius 2 is 1.40 bits per heavy atom. The Morgan fingerprint density at radius 3 is 1.80 bits per heavy atom. The number of benzene rings is 1. The standard InChI is InChI=1S/C16H26O3S/c1-12(2)10-15(11-13(3)4)19-20(17,18)16-8-6-14(5)7-9-16/h6-9,12-13,15H,10-11H2,1-5H3. The van der Waals surface area contributed by atoms with Gasteiger partial charge in [0.05, 0.1) is 11.0 Å². The summed E-state index contributed by atoms with van der Waals surface area (Å²) in [5.74, 6) is 0.818. The van der Waals surface area contributed by atoms with Gasteiger partial charge in [-0.3, -0.25) is 4.18 Å². The van der Waals surface area contributed by atoms with Gasteiger partial charge in [0, 0.05) is 0 Å². The van der Waals surface area contributed by atoms with Crippen molar-refractivity contribution in [2.24, 2.45) is 11.8 Å². The van der Waals surface area contributed by atoms with Gasteiger partial charge in [-0.25, -0.2) is 0 Å². The summed E-state index contributed by atoms with van der Waals surface area (Å²) in [5.41, 5.74) is 1.03. The maximum Gasteiger partial charge on any atom is 0.297 e. The van der Waals surface area contributed by atoms with Crippen LogP contribution in [0.5, 0.6) is 0 Å². The van der Waals surface area contributed by atoms with E-state index < -0.39 is 10.1 Å². The quantitative estimate of drug-likeness (QED) is 0.710. The van der Waals surface area contributed by atoms with Gasteiger partial charge in [-0.05, 0) is 43.7 Å². The first kappa shape index (κ1) is 17.2. The first-order chi connectivity index (χ1) is 9.20. The van der Waals surface area contributed by atoms with Crippen LogP contribution in [0.15, 0.2) is 29.2 Å². The normalized spacial score (nSPS) is 12.6. The molecule has 20 heavy (non-hydrogen) atoms. The van der Waals surface area contributed by atoms with E-state index in [-0.39, 0.29) is 11.0 Å². The van der Waals surface area contributed by atoms with Gasteiger partial charge in [0.25, 0.3) is 10.1 Å². The van der Waals surface area contributed by atoms with Crippen LogP contribution in [0.1, 0.15) is 46.1 Å². The molecule has 4 heteroatoms. The molecule has 3 nitrogen and oxygen atoms in total. The van der Waals surface area contributed by atoms with Crippen LogP contribution in [0.2, 0.25) is 0 Å². The van der Waals surface area contributed by atoms with Crippen LogP contribution in [-0.2, 0) is 14.3 Å². The van der Waals surface area contributed by atoms with E-state index in [0.717, 1.165) is 18.4 Å². The topological polar surface area (TPSA) is 43.4 Å². The SMILES string of the molecule is Cc1ccc(S(=O)(=O)OC(CC(C)C)CC(C)C)cc1. The molecular formula is C16H26O3S. The molecule has 0 bridgehead atoms. The highest BCUT2D eigenvalue weighted by molar-refractivity contribution is 7.86. The molecule has 0 spiro atoms. The minimum atomic E-state index is -3.67. The van der Waals surface area contributed by atoms with E-state index in [1.54, 1.807) is 24.3 Å². The van der Waals surface area contributed by atoms with Crippen molar-refractivity contribution in [3.8, 4) is 0 Å². The van der Waals surface area contributed by atoms with Crippen LogP contribution in [-0.4, -0.2) is 14.5 Å². The van der Waals surface area contributed by atoms with Gasteiger partial charge in [-0.1, -0.05) is 45.4 Å². The Balaban J connectivity index is 2.87. The lowest BCUT2D eigenvalue weighted by Gasteiger charge is -2.21. The molecule has 0 atom stereocenters. The zero-order valence-electron chi connectivity index (χ0n) is 13.1. The predicted octanol–water partition coefficient (Wildman–Crippen LogP) is 4.16. The van der Waals surface area contributed by atoms with Crippen molar-refractivity contribution in [2.45, 2.75) is 58.5 Å². The van der Waals surface area contributed by atoms with Gasteiger partial charge in [0.15, 0.2) is 0 Å². The fourth-order valence-electron chi connectivity index (χ4n) is 2.17. The average Bonchev–Trinajstić information content (AvgIpc) is 2.26. The van der Waals surface area contributed by atoms with Crippen LogP contribution < -0.4 is 0 Å². The highest BCUT2D eigenvalue weighted by atomic mass is 32.2. The van der Waals surface area contributed by atoms with Crippen LogP contribution >= 0.6 is 0 Å². The molecule has 0 amide bonds. The molecule has 1 aromatic rings. The summed E-state index contributed by atoms with van der Waals surface area (Å²) in [6.45, 7) is 10.2. The molecule has 0 aliphatic heterocycles. The number of aryl methyl sites for hydroxylation is 1. The van der Waals surface area contributed by atoms with Gasteiger partial charge < -0.3 is 0 Å². The summed E-state index contributed by atoms with van der Waals surface area (Å²) in [6.07, 6.45) is 1.26. The van der Waals surface area contributed by atoms with Gasteiger partial charge in [0.2, 0.25) is 0 Å². The molecule has 0 N–H and O–H groups in total. The smallest absolute Gasteiger partial charge is 0.263 e. The molecule has 0 heterocycles. The first-order valence-corrected chi connectivity index (χ1v) is 8.61. The lowest BCUT2D eigenvalue weighted by molar-refractivity contribution is 0.157. The zero-order valence-corrected chi connectivity index (χ0v) is 13.9. The summed E-state index contributed by atoms with van der Waals surface area (Å²) < 4.78 is 30.0. The van der Waals surface area contributed by atoms with Crippen molar-refractivity contribution in [3.63, 3.8) is 0 Å². The Bertz CT molecular complexity index is 491. The van der Waals surface area contributed by atoms with Crippen LogP contribution in [0, 0.1) is 18.8 Å². The Labute approximate surface area is 123 Å². The van der Waals surface area contributed by atoms with Gasteiger partial charge >= 0.3 is 0 Å². The maximum absolute atomic E-state index is 12.3. The monoisotopic (exact) mass is 298 g/mol. The number of hydrogen-bond donors (Lipinski definition) is 0. The second-order valence-corrected chi connectivity index (χ2v) is 7.82. The zero-order chi connectivity index (χ0) is 15.3. The van der Waals surface area contributed by atoms with Crippen molar-refractivity contribution in [3.05, 3.63) is 29.8 Å². The van der Waals surface area contributed by atoms with E-state index in [1.165, 1.54) is 0 Å². The van der Waals surface area contributed by atoms with Gasteiger partial charge in [0.1, 0.15) is 0 Å². The molecule has 114 valence electrons. The molecule has 0 unspecified atom stereocenters. The molecule has 0 saturated heterocycles. The van der Waals surface area contributed by atoms with Gasteiger partial charge in [-0.2, -0.15) is 8.42 Å². The molecular weight excluding hydrogens is 272 g/mol. The molecule has 1 rings (SSSR count). The Morgan fingerprint density at radius 1 is 0.950 bits per heavy atom. The molecule has 0 fully saturated rings. The third-order valence-electron chi connectivity index (χ3n) is 3.04. The van der Waals surface area contributed by atoms with Crippen LogP contribution in [0.4, 0.5) is 0 Å². The maximum atomic E-state index is 12.3. The van der Waals surface area contributed by atoms with E-state index in [2.05, 4.69) is 27.7 Å². The summed E-state index contributed by atoms with van der Waals surface area (Å²) in [7, 11) is -3.67. The Kier molecular flexibility index (Phi) is 6.21. The third-order valence-corrected chi connectivity index (χ3v) is 4.42. The highest BCUT2D eigenvalue weighted by Gasteiger charge is 2.23. The van der Waals surface area contributed by atoms with Crippen molar-refractivity contribution < 1.29 is 12.6 Å². The van der Waals surface area contributed by atoms with E-state index >= 15 is 0 Å². The summed E-state index contributed by atoms with van der Waals surface area (Å²) >= 11 is 0. The van der Waals surface area contributed by atoms with E-state index in [9.17, 15) is 8.42 Å². The van der Waals surface area contributed by atoms with Crippen LogP contribution in [0.25, 0.3) is 0 Å². The Hall–Kier alpha value is -0.870. The lowest BCUT2D eigenvalue weighted by atomic mass is 9.98. The lowest BCUT2D eigenvalue weighted by Crippen LogP contribution is -2.22. The highest BCUT2D eigenvalue weighted by Crippen LogP contribution is 2.22. The van der Waals surface area contributed by atoms with Crippen molar-refractivity contribution in [1.82, 2.24) is 0 Å². The second kappa shape index (κ2) is 7.23. The minimum Gasteiger partial charge on any atom is -0.263 e. The van der Waals surface area contributed by atoms with E-state index in [0.29, 0.717) is 11.8 Å². The summed E-state index contributed by atoms with van der Waals surface area (Å²) in [4.78, 5) is 0.237.